The number of rotatable bonds is 7. The van der Waals surface area contributed by atoms with Gasteiger partial charge in [-0.25, -0.2) is 0 Å². The van der Waals surface area contributed by atoms with Gasteiger partial charge in [0.05, 0.1) is 13.2 Å². The maximum absolute atomic E-state index is 5.45. The highest BCUT2D eigenvalue weighted by atomic mass is 16.5. The van der Waals surface area contributed by atoms with Crippen molar-refractivity contribution in [2.24, 2.45) is 0 Å². The molecule has 98 valence electrons. The molecular formula is C15H22N2O. The maximum Gasteiger partial charge on any atom is 0.0672 e. The van der Waals surface area contributed by atoms with Gasteiger partial charge in [-0.1, -0.05) is 30.4 Å². The van der Waals surface area contributed by atoms with Crippen LogP contribution in [0.2, 0.25) is 0 Å². The van der Waals surface area contributed by atoms with Crippen molar-refractivity contribution in [3.63, 3.8) is 0 Å². The zero-order valence-corrected chi connectivity index (χ0v) is 11.1. The van der Waals surface area contributed by atoms with Gasteiger partial charge in [-0.15, -0.1) is 0 Å². The molecule has 1 aromatic carbocycles. The molecule has 2 rings (SSSR count). The van der Waals surface area contributed by atoms with Gasteiger partial charge >= 0.3 is 0 Å². The van der Waals surface area contributed by atoms with Crippen molar-refractivity contribution in [3.8, 4) is 0 Å². The van der Waals surface area contributed by atoms with Crippen molar-refractivity contribution in [1.29, 1.82) is 0 Å². The lowest BCUT2D eigenvalue weighted by Gasteiger charge is -2.10. The molecule has 3 nitrogen and oxygen atoms in total. The molecule has 0 spiro atoms. The average Bonchev–Trinajstić information content (AvgIpc) is 2.82. The smallest absolute Gasteiger partial charge is 0.0672 e. The molecule has 0 saturated heterocycles. The van der Waals surface area contributed by atoms with Gasteiger partial charge in [-0.3, -0.25) is 0 Å². The fourth-order valence-electron chi connectivity index (χ4n) is 2.17. The fourth-order valence-corrected chi connectivity index (χ4v) is 2.17. The normalized spacial score (nSPS) is 13.2. The Bertz CT molecular complexity index is 415. The summed E-state index contributed by atoms with van der Waals surface area (Å²) in [6, 6.07) is 6.52. The first-order chi connectivity index (χ1) is 8.77. The predicted octanol–water partition coefficient (Wildman–Crippen LogP) is 2.34. The minimum absolute atomic E-state index is 0.657. The lowest BCUT2D eigenvalue weighted by molar-refractivity contribution is 0.158. The number of hydrogen-bond donors (Lipinski definition) is 2. The molecule has 0 amide bonds. The van der Waals surface area contributed by atoms with Crippen LogP contribution < -0.4 is 10.6 Å². The topological polar surface area (TPSA) is 33.3 Å². The number of fused-ring (bicyclic) bond motifs is 1. The number of para-hydroxylation sites is 1. The van der Waals surface area contributed by atoms with Gasteiger partial charge in [-0.2, -0.15) is 0 Å². The van der Waals surface area contributed by atoms with Crippen LogP contribution in [0.5, 0.6) is 0 Å². The number of anilines is 1. The fraction of sp³-hybridized carbons (Fsp3) is 0.467. The van der Waals surface area contributed by atoms with Crippen LogP contribution in [0.25, 0.3) is 0 Å². The van der Waals surface area contributed by atoms with E-state index in [0.717, 1.165) is 38.2 Å². The zero-order chi connectivity index (χ0) is 12.8. The summed E-state index contributed by atoms with van der Waals surface area (Å²) < 4.78 is 5.45. The quantitative estimate of drug-likeness (QED) is 0.572. The van der Waals surface area contributed by atoms with Crippen LogP contribution in [-0.2, 0) is 17.7 Å². The van der Waals surface area contributed by atoms with Crippen molar-refractivity contribution < 1.29 is 4.74 Å². The van der Waals surface area contributed by atoms with Crippen molar-refractivity contribution in [2.75, 3.05) is 31.6 Å². The van der Waals surface area contributed by atoms with E-state index in [1.807, 2.05) is 6.92 Å². The Labute approximate surface area is 109 Å². The summed E-state index contributed by atoms with van der Waals surface area (Å²) in [7, 11) is 0. The Balaban J connectivity index is 1.71. The highest BCUT2D eigenvalue weighted by Crippen LogP contribution is 2.25. The molecule has 2 N–H and O–H groups in total. The van der Waals surface area contributed by atoms with Gasteiger partial charge in [-0.05, 0) is 24.5 Å². The second-order valence-electron chi connectivity index (χ2n) is 4.81. The Morgan fingerprint density at radius 2 is 2.39 bits per heavy atom. The molecule has 0 saturated carbocycles. The molecule has 0 radical (unpaired) electrons. The SMILES string of the molecule is C=C(C)COCCNCc1cccc2c1NCC2. The van der Waals surface area contributed by atoms with E-state index in [4.69, 9.17) is 4.74 Å². The molecule has 1 aliphatic heterocycles. The second kappa shape index (κ2) is 6.57. The van der Waals surface area contributed by atoms with Crippen LogP contribution in [0.1, 0.15) is 18.1 Å². The summed E-state index contributed by atoms with van der Waals surface area (Å²) >= 11 is 0. The number of ether oxygens (including phenoxy) is 1. The summed E-state index contributed by atoms with van der Waals surface area (Å²) in [5.41, 5.74) is 5.19. The molecular weight excluding hydrogens is 224 g/mol. The van der Waals surface area contributed by atoms with E-state index in [-0.39, 0.29) is 0 Å². The third-order valence-corrected chi connectivity index (χ3v) is 3.02. The van der Waals surface area contributed by atoms with Gasteiger partial charge in [0.2, 0.25) is 0 Å². The first-order valence-electron chi connectivity index (χ1n) is 6.55. The standard InChI is InChI=1S/C15H22N2O/c1-12(2)11-18-9-8-16-10-14-5-3-4-13-6-7-17-15(13)14/h3-5,16-17H,1,6-11H2,2H3. The summed E-state index contributed by atoms with van der Waals surface area (Å²) in [5.74, 6) is 0. The third kappa shape index (κ3) is 3.59. The number of hydrogen-bond acceptors (Lipinski definition) is 3. The predicted molar refractivity (Wildman–Crippen MR) is 76.0 cm³/mol. The van der Waals surface area contributed by atoms with Crippen LogP contribution in [0.4, 0.5) is 5.69 Å². The Kier molecular flexibility index (Phi) is 4.79. The third-order valence-electron chi connectivity index (χ3n) is 3.02. The lowest BCUT2D eigenvalue weighted by Crippen LogP contribution is -2.20. The molecule has 0 fully saturated rings. The Morgan fingerprint density at radius 3 is 3.22 bits per heavy atom. The van der Waals surface area contributed by atoms with Crippen molar-refractivity contribution >= 4 is 5.69 Å². The van der Waals surface area contributed by atoms with E-state index < -0.39 is 0 Å². The van der Waals surface area contributed by atoms with Gasteiger partial charge in [0.1, 0.15) is 0 Å². The minimum atomic E-state index is 0.657. The summed E-state index contributed by atoms with van der Waals surface area (Å²) in [5, 5.41) is 6.86. The van der Waals surface area contributed by atoms with Crippen LogP contribution in [0.3, 0.4) is 0 Å². The van der Waals surface area contributed by atoms with Crippen molar-refractivity contribution in [3.05, 3.63) is 41.5 Å². The highest BCUT2D eigenvalue weighted by Gasteiger charge is 2.12. The van der Waals surface area contributed by atoms with E-state index in [2.05, 4.69) is 35.4 Å². The van der Waals surface area contributed by atoms with E-state index in [9.17, 15) is 0 Å². The molecule has 0 bridgehead atoms. The van der Waals surface area contributed by atoms with E-state index >= 15 is 0 Å². The summed E-state index contributed by atoms with van der Waals surface area (Å²) in [4.78, 5) is 0. The summed E-state index contributed by atoms with van der Waals surface area (Å²) in [6.07, 6.45) is 1.14. The molecule has 1 heterocycles. The van der Waals surface area contributed by atoms with Crippen molar-refractivity contribution in [2.45, 2.75) is 19.9 Å². The Morgan fingerprint density at radius 1 is 1.50 bits per heavy atom. The first kappa shape index (κ1) is 13.1. The van der Waals surface area contributed by atoms with Gasteiger partial charge in [0.25, 0.3) is 0 Å². The average molecular weight is 246 g/mol. The van der Waals surface area contributed by atoms with E-state index in [1.165, 1.54) is 16.8 Å². The van der Waals surface area contributed by atoms with Crippen LogP contribution in [-0.4, -0.2) is 26.3 Å². The van der Waals surface area contributed by atoms with Gasteiger partial charge in [0, 0.05) is 25.3 Å². The van der Waals surface area contributed by atoms with E-state index in [0.29, 0.717) is 6.61 Å². The summed E-state index contributed by atoms with van der Waals surface area (Å²) in [6.45, 7) is 10.0. The molecule has 0 atom stereocenters. The van der Waals surface area contributed by atoms with Gasteiger partial charge in [0.15, 0.2) is 0 Å². The largest absolute Gasteiger partial charge is 0.384 e. The molecule has 1 aromatic rings. The van der Waals surface area contributed by atoms with Gasteiger partial charge < -0.3 is 15.4 Å². The van der Waals surface area contributed by atoms with Crippen LogP contribution in [0.15, 0.2) is 30.4 Å². The Hall–Kier alpha value is -1.32. The molecule has 0 aliphatic carbocycles. The molecule has 3 heteroatoms. The highest BCUT2D eigenvalue weighted by molar-refractivity contribution is 5.61. The monoisotopic (exact) mass is 246 g/mol. The minimum Gasteiger partial charge on any atom is -0.384 e. The van der Waals surface area contributed by atoms with E-state index in [1.54, 1.807) is 0 Å². The molecule has 0 aromatic heterocycles. The molecule has 1 aliphatic rings. The second-order valence-corrected chi connectivity index (χ2v) is 4.81. The maximum atomic E-state index is 5.45. The van der Waals surface area contributed by atoms with Crippen LogP contribution >= 0.6 is 0 Å². The molecule has 0 unspecified atom stereocenters. The first-order valence-corrected chi connectivity index (χ1v) is 6.55. The zero-order valence-electron chi connectivity index (χ0n) is 11.1. The number of benzene rings is 1. The lowest BCUT2D eigenvalue weighted by atomic mass is 10.1. The van der Waals surface area contributed by atoms with Crippen molar-refractivity contribution in [1.82, 2.24) is 5.32 Å². The molecule has 18 heavy (non-hydrogen) atoms. The van der Waals surface area contributed by atoms with Crippen LogP contribution in [0, 0.1) is 0 Å². The number of nitrogens with one attached hydrogen (secondary N) is 2.